The molecule has 0 atom stereocenters. The summed E-state index contributed by atoms with van der Waals surface area (Å²) in [5, 5.41) is 5.00. The average Bonchev–Trinajstić information content (AvgIpc) is 3.00. The lowest BCUT2D eigenvalue weighted by Gasteiger charge is -2.21. The number of halogens is 2. The molecule has 3 rings (SSSR count). The number of hydrogen-bond donors (Lipinski definition) is 1. The van der Waals surface area contributed by atoms with Gasteiger partial charge in [-0.25, -0.2) is 0 Å². The van der Waals surface area contributed by atoms with Crippen LogP contribution in [0.4, 0.5) is 5.82 Å². The summed E-state index contributed by atoms with van der Waals surface area (Å²) >= 11 is 12.1. The smallest absolute Gasteiger partial charge is 0.175 e. The van der Waals surface area contributed by atoms with Gasteiger partial charge < -0.3 is 10.3 Å². The first-order valence-electron chi connectivity index (χ1n) is 6.72. The quantitative estimate of drug-likeness (QED) is 0.843. The molecule has 1 aromatic heterocycles. The lowest BCUT2D eigenvalue weighted by molar-refractivity contribution is 0.307. The van der Waals surface area contributed by atoms with Crippen LogP contribution >= 0.6 is 23.2 Å². The molecular formula is C15H16Cl2N2O. The number of rotatable bonds is 2. The lowest BCUT2D eigenvalue weighted by Crippen LogP contribution is -2.17. The molecule has 3 nitrogen and oxygen atoms in total. The average molecular weight is 311 g/mol. The fourth-order valence-electron chi connectivity index (χ4n) is 3.03. The second-order valence-corrected chi connectivity index (χ2v) is 6.48. The summed E-state index contributed by atoms with van der Waals surface area (Å²) < 4.78 is 5.56. The summed E-state index contributed by atoms with van der Waals surface area (Å²) in [6.45, 7) is 2.21. The number of aromatic nitrogens is 1. The summed E-state index contributed by atoms with van der Waals surface area (Å²) in [5.41, 5.74) is 7.77. The summed E-state index contributed by atoms with van der Waals surface area (Å²) in [6.07, 6.45) is 4.60. The van der Waals surface area contributed by atoms with E-state index in [-0.39, 0.29) is 5.41 Å². The maximum absolute atomic E-state index is 6.11. The first-order valence-corrected chi connectivity index (χ1v) is 7.48. The molecule has 1 saturated carbocycles. The van der Waals surface area contributed by atoms with Crippen LogP contribution in [0.3, 0.4) is 0 Å². The summed E-state index contributed by atoms with van der Waals surface area (Å²) in [7, 11) is 0. The summed E-state index contributed by atoms with van der Waals surface area (Å²) in [4.78, 5) is 0. The zero-order chi connectivity index (χ0) is 14.3. The van der Waals surface area contributed by atoms with Crippen LogP contribution in [0.2, 0.25) is 10.0 Å². The van der Waals surface area contributed by atoms with E-state index in [0.717, 1.165) is 29.7 Å². The second kappa shape index (κ2) is 4.97. The van der Waals surface area contributed by atoms with Crippen LogP contribution in [-0.2, 0) is 5.41 Å². The van der Waals surface area contributed by atoms with Crippen LogP contribution in [0.1, 0.15) is 38.4 Å². The monoisotopic (exact) mass is 310 g/mol. The Morgan fingerprint density at radius 2 is 1.90 bits per heavy atom. The molecule has 0 saturated heterocycles. The van der Waals surface area contributed by atoms with Crippen molar-refractivity contribution >= 4 is 29.0 Å². The second-order valence-electron chi connectivity index (χ2n) is 5.67. The standard InChI is InChI=1S/C15H16Cl2N2O/c1-15(6-2-3-7-15)13-12(14(18)19-20-13)9-4-5-10(16)11(17)8-9/h4-5,8H,2-3,6-7H2,1H3,(H2,18,19). The highest BCUT2D eigenvalue weighted by Gasteiger charge is 2.37. The lowest BCUT2D eigenvalue weighted by atomic mass is 9.82. The minimum absolute atomic E-state index is 0.00602. The predicted octanol–water partition coefficient (Wildman–Crippen LogP) is 5.06. The first kappa shape index (κ1) is 13.8. The molecule has 0 spiro atoms. The van der Waals surface area contributed by atoms with Crippen LogP contribution in [0, 0.1) is 0 Å². The maximum atomic E-state index is 6.11. The molecule has 0 radical (unpaired) electrons. The zero-order valence-electron chi connectivity index (χ0n) is 11.2. The molecule has 5 heteroatoms. The van der Waals surface area contributed by atoms with E-state index in [9.17, 15) is 0 Å². The SMILES string of the molecule is CC1(c2onc(N)c2-c2ccc(Cl)c(Cl)c2)CCCC1. The van der Waals surface area contributed by atoms with Gasteiger partial charge in [0.05, 0.1) is 15.6 Å². The first-order chi connectivity index (χ1) is 9.51. The van der Waals surface area contributed by atoms with Crippen LogP contribution in [0.5, 0.6) is 0 Å². The minimum atomic E-state index is 0.00602. The van der Waals surface area contributed by atoms with Crippen LogP contribution in [0.25, 0.3) is 11.1 Å². The van der Waals surface area contributed by atoms with E-state index in [1.807, 2.05) is 12.1 Å². The van der Waals surface area contributed by atoms with E-state index >= 15 is 0 Å². The number of nitrogens with zero attached hydrogens (tertiary/aromatic N) is 1. The van der Waals surface area contributed by atoms with Gasteiger partial charge in [0.15, 0.2) is 11.6 Å². The Bertz CT molecular complexity index is 645. The molecule has 106 valence electrons. The van der Waals surface area contributed by atoms with Crippen LogP contribution in [-0.4, -0.2) is 5.16 Å². The Morgan fingerprint density at radius 1 is 1.20 bits per heavy atom. The Labute approximate surface area is 128 Å². The number of hydrogen-bond acceptors (Lipinski definition) is 3. The van der Waals surface area contributed by atoms with E-state index in [4.69, 9.17) is 33.5 Å². The van der Waals surface area contributed by atoms with E-state index in [1.165, 1.54) is 12.8 Å². The maximum Gasteiger partial charge on any atom is 0.175 e. The van der Waals surface area contributed by atoms with Gasteiger partial charge in [0, 0.05) is 5.41 Å². The Morgan fingerprint density at radius 3 is 2.55 bits per heavy atom. The Balaban J connectivity index is 2.13. The van der Waals surface area contributed by atoms with Crippen molar-refractivity contribution in [3.63, 3.8) is 0 Å². The fraction of sp³-hybridized carbons (Fsp3) is 0.400. The normalized spacial score (nSPS) is 17.6. The van der Waals surface area contributed by atoms with Crippen molar-refractivity contribution in [3.05, 3.63) is 34.0 Å². The Hall–Kier alpha value is -1.19. The van der Waals surface area contributed by atoms with E-state index in [1.54, 1.807) is 6.07 Å². The fourth-order valence-corrected chi connectivity index (χ4v) is 3.33. The van der Waals surface area contributed by atoms with E-state index < -0.39 is 0 Å². The highest BCUT2D eigenvalue weighted by molar-refractivity contribution is 6.42. The molecule has 0 aliphatic heterocycles. The van der Waals surface area contributed by atoms with Crippen molar-refractivity contribution in [2.45, 2.75) is 38.0 Å². The highest BCUT2D eigenvalue weighted by atomic mass is 35.5. The van der Waals surface area contributed by atoms with Gasteiger partial charge in [-0.05, 0) is 30.5 Å². The van der Waals surface area contributed by atoms with Gasteiger partial charge in [-0.3, -0.25) is 0 Å². The van der Waals surface area contributed by atoms with Gasteiger partial charge in [0.25, 0.3) is 0 Å². The molecule has 0 unspecified atom stereocenters. The van der Waals surface area contributed by atoms with E-state index in [2.05, 4.69) is 12.1 Å². The van der Waals surface area contributed by atoms with Crippen molar-refractivity contribution in [3.8, 4) is 11.1 Å². The summed E-state index contributed by atoms with van der Waals surface area (Å²) in [6, 6.07) is 5.49. The third kappa shape index (κ3) is 2.19. The van der Waals surface area contributed by atoms with Gasteiger partial charge in [0.1, 0.15) is 0 Å². The number of anilines is 1. The molecule has 20 heavy (non-hydrogen) atoms. The van der Waals surface area contributed by atoms with Crippen molar-refractivity contribution in [1.29, 1.82) is 0 Å². The summed E-state index contributed by atoms with van der Waals surface area (Å²) in [5.74, 6) is 1.28. The predicted molar refractivity (Wildman–Crippen MR) is 82.2 cm³/mol. The molecular weight excluding hydrogens is 295 g/mol. The van der Waals surface area contributed by atoms with E-state index in [0.29, 0.717) is 15.9 Å². The van der Waals surface area contributed by atoms with Gasteiger partial charge in [-0.2, -0.15) is 0 Å². The van der Waals surface area contributed by atoms with Gasteiger partial charge in [-0.1, -0.05) is 54.2 Å². The molecule has 0 bridgehead atoms. The Kier molecular flexibility index (Phi) is 3.43. The van der Waals surface area contributed by atoms with Gasteiger partial charge >= 0.3 is 0 Å². The van der Waals surface area contributed by atoms with Crippen molar-refractivity contribution in [2.24, 2.45) is 0 Å². The molecule has 1 heterocycles. The highest BCUT2D eigenvalue weighted by Crippen LogP contribution is 2.46. The molecule has 1 aliphatic carbocycles. The largest absolute Gasteiger partial charge is 0.380 e. The van der Waals surface area contributed by atoms with Crippen molar-refractivity contribution < 1.29 is 4.52 Å². The van der Waals surface area contributed by atoms with Gasteiger partial charge in [-0.15, -0.1) is 0 Å². The zero-order valence-corrected chi connectivity index (χ0v) is 12.8. The topological polar surface area (TPSA) is 52.0 Å². The molecule has 0 amide bonds. The molecule has 1 fully saturated rings. The third-order valence-corrected chi connectivity index (χ3v) is 4.92. The third-order valence-electron chi connectivity index (χ3n) is 4.18. The molecule has 2 aromatic rings. The number of nitrogen functional groups attached to an aromatic ring is 1. The van der Waals surface area contributed by atoms with Crippen LogP contribution in [0.15, 0.2) is 22.7 Å². The number of benzene rings is 1. The number of nitrogens with two attached hydrogens (primary N) is 1. The molecule has 1 aliphatic rings. The molecule has 2 N–H and O–H groups in total. The van der Waals surface area contributed by atoms with Crippen molar-refractivity contribution in [1.82, 2.24) is 5.16 Å². The van der Waals surface area contributed by atoms with Crippen LogP contribution < -0.4 is 5.73 Å². The minimum Gasteiger partial charge on any atom is -0.380 e. The molecule has 1 aromatic carbocycles. The van der Waals surface area contributed by atoms with Gasteiger partial charge in [0.2, 0.25) is 0 Å². The van der Waals surface area contributed by atoms with Crippen molar-refractivity contribution in [2.75, 3.05) is 5.73 Å².